The van der Waals surface area contributed by atoms with E-state index in [0.29, 0.717) is 43.5 Å². The van der Waals surface area contributed by atoms with Crippen molar-refractivity contribution in [2.24, 2.45) is 16.8 Å². The van der Waals surface area contributed by atoms with E-state index in [0.717, 1.165) is 38.2 Å². The lowest BCUT2D eigenvalue weighted by atomic mass is 9.92. The number of hydrogen-bond acceptors (Lipinski definition) is 8. The van der Waals surface area contributed by atoms with Crippen LogP contribution in [0.5, 0.6) is 5.75 Å². The van der Waals surface area contributed by atoms with Crippen molar-refractivity contribution in [2.75, 3.05) is 37.8 Å². The van der Waals surface area contributed by atoms with Crippen molar-refractivity contribution < 1.29 is 32.7 Å². The fourth-order valence-electron chi connectivity index (χ4n) is 4.41. The zero-order chi connectivity index (χ0) is 25.7. The van der Waals surface area contributed by atoms with Crippen molar-refractivity contribution in [2.45, 2.75) is 51.6 Å². The molecule has 1 amide bonds. The summed E-state index contributed by atoms with van der Waals surface area (Å²) in [5.74, 6) is -2.97. The number of alkyl halides is 2. The molecule has 2 aliphatic heterocycles. The number of carbonyl (C=O) groups excluding carboxylic acids is 1. The SMILES string of the molecule is Cc1cc(OCCCC2CCN(c3noc(C(C)(F)F)n3)CC2)ccc1C(=O)N=CC1COC[C@@H]1O. The number of ether oxygens (including phenoxy) is 2. The normalized spacial score (nSPS) is 21.4. The van der Waals surface area contributed by atoms with E-state index in [9.17, 15) is 18.7 Å². The predicted molar refractivity (Wildman–Crippen MR) is 128 cm³/mol. The van der Waals surface area contributed by atoms with Crippen molar-refractivity contribution in [1.29, 1.82) is 0 Å². The number of piperidine rings is 1. The first-order chi connectivity index (χ1) is 17.2. The van der Waals surface area contributed by atoms with Gasteiger partial charge in [-0.15, -0.1) is 0 Å². The van der Waals surface area contributed by atoms with Gasteiger partial charge in [-0.25, -0.2) is 4.99 Å². The first-order valence-electron chi connectivity index (χ1n) is 12.3. The van der Waals surface area contributed by atoms with Crippen LogP contribution >= 0.6 is 0 Å². The number of amides is 1. The summed E-state index contributed by atoms with van der Waals surface area (Å²) in [6, 6.07) is 5.30. The van der Waals surface area contributed by atoms with E-state index in [-0.39, 0.29) is 24.4 Å². The highest BCUT2D eigenvalue weighted by Gasteiger charge is 2.33. The van der Waals surface area contributed by atoms with Crippen molar-refractivity contribution in [3.63, 3.8) is 0 Å². The monoisotopic (exact) mass is 506 g/mol. The zero-order valence-electron chi connectivity index (χ0n) is 20.5. The maximum atomic E-state index is 13.3. The van der Waals surface area contributed by atoms with Gasteiger partial charge in [0.25, 0.3) is 17.7 Å². The smallest absolute Gasteiger partial charge is 0.322 e. The minimum absolute atomic E-state index is 0.224. The second kappa shape index (κ2) is 11.4. The summed E-state index contributed by atoms with van der Waals surface area (Å²) >= 11 is 0. The summed E-state index contributed by atoms with van der Waals surface area (Å²) in [6.07, 6.45) is 4.58. The molecule has 11 heteroatoms. The molecule has 2 aliphatic rings. The van der Waals surface area contributed by atoms with Crippen LogP contribution in [0.4, 0.5) is 14.7 Å². The molecule has 3 heterocycles. The molecule has 1 unspecified atom stereocenters. The van der Waals surface area contributed by atoms with E-state index in [4.69, 9.17) is 9.47 Å². The van der Waals surface area contributed by atoms with Crippen LogP contribution in [-0.2, 0) is 10.7 Å². The molecule has 0 aliphatic carbocycles. The van der Waals surface area contributed by atoms with Crippen LogP contribution in [0, 0.1) is 18.8 Å². The van der Waals surface area contributed by atoms with Gasteiger partial charge in [0.2, 0.25) is 0 Å². The lowest BCUT2D eigenvalue weighted by Gasteiger charge is -2.30. The number of anilines is 1. The molecule has 36 heavy (non-hydrogen) atoms. The highest BCUT2D eigenvalue weighted by atomic mass is 19.3. The van der Waals surface area contributed by atoms with E-state index in [1.807, 2.05) is 17.9 Å². The molecule has 9 nitrogen and oxygen atoms in total. The lowest BCUT2D eigenvalue weighted by molar-refractivity contribution is -0.0158. The number of nitrogens with zero attached hydrogens (tertiary/aromatic N) is 4. The highest BCUT2D eigenvalue weighted by molar-refractivity contribution is 6.00. The molecular formula is C25H32F2N4O5. The number of hydrogen-bond donors (Lipinski definition) is 1. The standard InChI is InChI=1S/C25H32F2N4O5/c1-16-12-19(5-6-20(16)22(33)28-13-18-14-34-15-21(18)32)35-11-3-4-17-7-9-31(10-8-17)24-29-23(36-30-24)25(2,26)27/h5-6,12-13,17-18,21,32H,3-4,7-11,14-15H2,1-2H3/t18?,21-/m0/s1. The van der Waals surface area contributed by atoms with Crippen molar-refractivity contribution >= 4 is 18.1 Å². The first-order valence-corrected chi connectivity index (χ1v) is 12.3. The number of aliphatic hydroxyl groups is 1. The summed E-state index contributed by atoms with van der Waals surface area (Å²) in [5, 5.41) is 13.4. The molecule has 2 aromatic rings. The topological polar surface area (TPSA) is 110 Å². The van der Waals surface area contributed by atoms with Crippen LogP contribution in [-0.4, -0.2) is 66.4 Å². The number of aryl methyl sites for hydroxylation is 1. The van der Waals surface area contributed by atoms with Crippen LogP contribution in [0.1, 0.15) is 54.4 Å². The zero-order valence-corrected chi connectivity index (χ0v) is 20.5. The summed E-state index contributed by atoms with van der Waals surface area (Å²) in [5.41, 5.74) is 1.27. The second-order valence-electron chi connectivity index (χ2n) is 9.54. The Labute approximate surface area is 208 Å². The maximum Gasteiger partial charge on any atom is 0.322 e. The van der Waals surface area contributed by atoms with Gasteiger partial charge in [-0.05, 0) is 67.4 Å². The second-order valence-corrected chi connectivity index (χ2v) is 9.54. The average molecular weight is 507 g/mol. The van der Waals surface area contributed by atoms with Crippen LogP contribution in [0.3, 0.4) is 0 Å². The van der Waals surface area contributed by atoms with E-state index in [2.05, 4.69) is 19.7 Å². The highest BCUT2D eigenvalue weighted by Crippen LogP contribution is 2.29. The van der Waals surface area contributed by atoms with E-state index >= 15 is 0 Å². The molecule has 1 aromatic carbocycles. The van der Waals surface area contributed by atoms with Gasteiger partial charge in [0, 0.05) is 37.7 Å². The average Bonchev–Trinajstić information content (AvgIpc) is 3.50. The predicted octanol–water partition coefficient (Wildman–Crippen LogP) is 3.78. The molecule has 2 atom stereocenters. The quantitative estimate of drug-likeness (QED) is 0.404. The molecule has 0 saturated carbocycles. The Balaban J connectivity index is 1.17. The summed E-state index contributed by atoms with van der Waals surface area (Å²) < 4.78 is 42.3. The number of aliphatic imine (C=N–C) groups is 1. The molecule has 4 rings (SSSR count). The third kappa shape index (κ3) is 6.64. The Morgan fingerprint density at radius 3 is 2.75 bits per heavy atom. The molecule has 0 bridgehead atoms. The van der Waals surface area contributed by atoms with Gasteiger partial charge in [-0.3, -0.25) is 4.79 Å². The van der Waals surface area contributed by atoms with Gasteiger partial charge in [0.15, 0.2) is 0 Å². The first kappa shape index (κ1) is 26.2. The Bertz CT molecular complexity index is 1060. The third-order valence-corrected chi connectivity index (χ3v) is 6.62. The summed E-state index contributed by atoms with van der Waals surface area (Å²) in [4.78, 5) is 22.1. The van der Waals surface area contributed by atoms with Crippen LogP contribution in [0.2, 0.25) is 0 Å². The van der Waals surface area contributed by atoms with Crippen molar-refractivity contribution in [3.8, 4) is 5.75 Å². The number of benzene rings is 1. The van der Waals surface area contributed by atoms with Gasteiger partial charge in [-0.1, -0.05) is 0 Å². The third-order valence-electron chi connectivity index (χ3n) is 6.62. The Kier molecular flexibility index (Phi) is 8.30. The van der Waals surface area contributed by atoms with Crippen molar-refractivity contribution in [3.05, 3.63) is 35.2 Å². The fraction of sp³-hybridized carbons (Fsp3) is 0.600. The van der Waals surface area contributed by atoms with Crippen molar-refractivity contribution in [1.82, 2.24) is 10.1 Å². The minimum Gasteiger partial charge on any atom is -0.494 e. The molecular weight excluding hydrogens is 474 g/mol. The fourth-order valence-corrected chi connectivity index (χ4v) is 4.41. The molecule has 1 aromatic heterocycles. The van der Waals surface area contributed by atoms with E-state index in [1.54, 1.807) is 12.1 Å². The summed E-state index contributed by atoms with van der Waals surface area (Å²) in [6.45, 7) is 5.16. The van der Waals surface area contributed by atoms with Gasteiger partial charge in [0.1, 0.15) is 5.75 Å². The van der Waals surface area contributed by atoms with Gasteiger partial charge in [-0.2, -0.15) is 13.8 Å². The van der Waals surface area contributed by atoms with E-state index < -0.39 is 17.9 Å². The number of carbonyl (C=O) groups is 1. The molecule has 1 N–H and O–H groups in total. The van der Waals surface area contributed by atoms with Gasteiger partial charge < -0.3 is 24.0 Å². The number of aliphatic hydroxyl groups excluding tert-OH is 1. The number of halogens is 2. The number of aromatic nitrogens is 2. The number of rotatable bonds is 9. The lowest BCUT2D eigenvalue weighted by Crippen LogP contribution is -2.34. The Morgan fingerprint density at radius 2 is 2.11 bits per heavy atom. The van der Waals surface area contributed by atoms with Gasteiger partial charge >= 0.3 is 5.92 Å². The van der Waals surface area contributed by atoms with Crippen LogP contribution in [0.15, 0.2) is 27.7 Å². The Morgan fingerprint density at radius 1 is 1.33 bits per heavy atom. The maximum absolute atomic E-state index is 13.3. The van der Waals surface area contributed by atoms with Crippen LogP contribution < -0.4 is 9.64 Å². The van der Waals surface area contributed by atoms with E-state index in [1.165, 1.54) is 6.21 Å². The minimum atomic E-state index is -3.14. The molecule has 0 radical (unpaired) electrons. The van der Waals surface area contributed by atoms with Crippen LogP contribution in [0.25, 0.3) is 0 Å². The molecule has 196 valence electrons. The summed E-state index contributed by atoms with van der Waals surface area (Å²) in [7, 11) is 0. The molecule has 0 spiro atoms. The van der Waals surface area contributed by atoms with Gasteiger partial charge in [0.05, 0.1) is 25.9 Å². The molecule has 2 fully saturated rings. The largest absolute Gasteiger partial charge is 0.494 e. The molecule has 2 saturated heterocycles. The Hall–Kier alpha value is -2.92.